The molecule has 0 aliphatic carbocycles. The number of halogens is 2. The van der Waals surface area contributed by atoms with Crippen LogP contribution in [0.4, 0.5) is 13.6 Å². The number of hydrogen-bond acceptors (Lipinski definition) is 9. The van der Waals surface area contributed by atoms with Gasteiger partial charge in [-0.2, -0.15) is 0 Å². The van der Waals surface area contributed by atoms with Gasteiger partial charge in [-0.05, 0) is 38.5 Å². The van der Waals surface area contributed by atoms with Gasteiger partial charge >= 0.3 is 12.1 Å². The lowest BCUT2D eigenvalue weighted by atomic mass is 9.91. The third kappa shape index (κ3) is 5.80. The summed E-state index contributed by atoms with van der Waals surface area (Å²) in [7, 11) is 1.15. The van der Waals surface area contributed by atoms with Crippen LogP contribution >= 0.6 is 0 Å². The molecule has 2 fully saturated rings. The lowest BCUT2D eigenvalue weighted by Gasteiger charge is -2.49. The Morgan fingerprint density at radius 2 is 1.71 bits per heavy atom. The van der Waals surface area contributed by atoms with E-state index in [9.17, 15) is 23.2 Å². The van der Waals surface area contributed by atoms with Gasteiger partial charge in [-0.15, -0.1) is 5.06 Å². The van der Waals surface area contributed by atoms with Crippen LogP contribution in [0.25, 0.3) is 0 Å². The monoisotopic (exact) mass is 486 g/mol. The fourth-order valence-corrected chi connectivity index (χ4v) is 3.78. The van der Waals surface area contributed by atoms with Gasteiger partial charge in [0.05, 0.1) is 46.1 Å². The predicted octanol–water partition coefficient (Wildman–Crippen LogP) is 1.98. The lowest BCUT2D eigenvalue weighted by Crippen LogP contribution is -2.70. The highest BCUT2D eigenvalue weighted by atomic mass is 19.1. The van der Waals surface area contributed by atoms with Crippen molar-refractivity contribution in [3.63, 3.8) is 0 Å². The fraction of sp³-hybridized carbons (Fsp3) is 0.591. The Kier molecular flexibility index (Phi) is 7.74. The van der Waals surface area contributed by atoms with Crippen LogP contribution in [-0.2, 0) is 33.4 Å². The summed E-state index contributed by atoms with van der Waals surface area (Å²) in [6.45, 7) is 4.07. The second kappa shape index (κ2) is 10.2. The Bertz CT molecular complexity index is 908. The molecule has 0 N–H and O–H groups in total. The average Bonchev–Trinajstić information content (AvgIpc) is 2.98. The van der Waals surface area contributed by atoms with E-state index in [1.54, 1.807) is 20.8 Å². The molecule has 1 spiro atoms. The number of piperazine rings is 1. The van der Waals surface area contributed by atoms with Crippen molar-refractivity contribution in [1.82, 2.24) is 9.96 Å². The molecule has 188 valence electrons. The second-order valence-corrected chi connectivity index (χ2v) is 8.98. The Labute approximate surface area is 195 Å². The van der Waals surface area contributed by atoms with E-state index in [4.69, 9.17) is 23.8 Å². The van der Waals surface area contributed by atoms with Gasteiger partial charge in [0.25, 0.3) is 5.91 Å². The molecule has 2 heterocycles. The highest BCUT2D eigenvalue weighted by molar-refractivity contribution is 5.91. The molecular weight excluding hydrogens is 458 g/mol. The summed E-state index contributed by atoms with van der Waals surface area (Å²) in [5, 5.41) is 1.05. The summed E-state index contributed by atoms with van der Waals surface area (Å²) in [4.78, 5) is 45.1. The molecule has 0 radical (unpaired) electrons. The number of nitrogens with zero attached hydrogens (tertiary/aromatic N) is 2. The predicted molar refractivity (Wildman–Crippen MR) is 111 cm³/mol. The van der Waals surface area contributed by atoms with Gasteiger partial charge in [-0.1, -0.05) is 0 Å². The van der Waals surface area contributed by atoms with E-state index < -0.39 is 53.4 Å². The summed E-state index contributed by atoms with van der Waals surface area (Å²) < 4.78 is 49.1. The van der Waals surface area contributed by atoms with Crippen molar-refractivity contribution in [2.75, 3.05) is 46.6 Å². The second-order valence-electron chi connectivity index (χ2n) is 8.98. The lowest BCUT2D eigenvalue weighted by molar-refractivity contribution is -0.244. The minimum Gasteiger partial charge on any atom is -0.468 e. The molecule has 1 atom stereocenters. The minimum atomic E-state index is -1.66. The molecule has 1 amide bonds. The molecule has 1 aromatic rings. The molecule has 2 saturated heterocycles. The number of esters is 1. The molecule has 0 unspecified atom stereocenters. The van der Waals surface area contributed by atoms with Gasteiger partial charge < -0.3 is 28.7 Å². The van der Waals surface area contributed by atoms with Crippen LogP contribution in [0.2, 0.25) is 0 Å². The van der Waals surface area contributed by atoms with Crippen LogP contribution in [0.5, 0.6) is 0 Å². The molecule has 2 aliphatic heterocycles. The molecule has 3 rings (SSSR count). The van der Waals surface area contributed by atoms with Gasteiger partial charge in [0, 0.05) is 6.07 Å². The summed E-state index contributed by atoms with van der Waals surface area (Å²) >= 11 is 0. The van der Waals surface area contributed by atoms with Crippen LogP contribution in [0, 0.1) is 11.6 Å². The zero-order valence-corrected chi connectivity index (χ0v) is 19.5. The van der Waals surface area contributed by atoms with E-state index in [0.29, 0.717) is 6.07 Å². The van der Waals surface area contributed by atoms with Crippen LogP contribution < -0.4 is 0 Å². The van der Waals surface area contributed by atoms with Crippen LogP contribution in [0.15, 0.2) is 18.2 Å². The third-order valence-corrected chi connectivity index (χ3v) is 5.28. The number of amides is 1. The number of benzene rings is 1. The molecule has 0 bridgehead atoms. The van der Waals surface area contributed by atoms with E-state index in [0.717, 1.165) is 29.2 Å². The first-order chi connectivity index (χ1) is 15.9. The van der Waals surface area contributed by atoms with Crippen LogP contribution in [0.1, 0.15) is 32.4 Å². The van der Waals surface area contributed by atoms with Crippen molar-refractivity contribution in [3.05, 3.63) is 35.4 Å². The number of rotatable bonds is 4. The first-order valence-corrected chi connectivity index (χ1v) is 10.6. The molecule has 1 aromatic carbocycles. The first-order valence-electron chi connectivity index (χ1n) is 10.6. The Morgan fingerprint density at radius 3 is 2.24 bits per heavy atom. The first kappa shape index (κ1) is 25.8. The molecule has 34 heavy (non-hydrogen) atoms. The van der Waals surface area contributed by atoms with Gasteiger partial charge in [-0.3, -0.25) is 9.59 Å². The van der Waals surface area contributed by atoms with Crippen molar-refractivity contribution >= 4 is 18.0 Å². The van der Waals surface area contributed by atoms with Crippen molar-refractivity contribution in [2.45, 2.75) is 38.0 Å². The van der Waals surface area contributed by atoms with E-state index in [2.05, 4.69) is 0 Å². The van der Waals surface area contributed by atoms with Crippen molar-refractivity contribution in [3.8, 4) is 0 Å². The number of hydrogen-bond donors (Lipinski definition) is 0. The summed E-state index contributed by atoms with van der Waals surface area (Å²) in [5.41, 5.74) is -2.50. The van der Waals surface area contributed by atoms with E-state index in [-0.39, 0.29) is 38.5 Å². The topological polar surface area (TPSA) is 104 Å². The normalized spacial score (nSPS) is 21.2. The van der Waals surface area contributed by atoms with Crippen molar-refractivity contribution in [2.24, 2.45) is 0 Å². The molecule has 10 nitrogen and oxygen atoms in total. The number of carbonyl (C=O) groups excluding carboxylic acids is 3. The fourth-order valence-electron chi connectivity index (χ4n) is 3.78. The van der Waals surface area contributed by atoms with Crippen LogP contribution in [0.3, 0.4) is 0 Å². The number of hydroxylamine groups is 2. The SMILES string of the molecule is COC(=O)CN1C(=O)C2(COCCOC2)N(OC(=O)OC(C)(C)C)C[C@H]1c1cc(F)cc(F)c1. The molecule has 2 aliphatic rings. The maximum atomic E-state index is 14.0. The quantitative estimate of drug-likeness (QED) is 0.591. The summed E-state index contributed by atoms with van der Waals surface area (Å²) in [6.07, 6.45) is -1.09. The molecular formula is C22H28F2N2O8. The largest absolute Gasteiger partial charge is 0.528 e. The van der Waals surface area contributed by atoms with E-state index in [1.807, 2.05) is 0 Å². The maximum absolute atomic E-state index is 14.0. The number of methoxy groups -OCH3 is 1. The maximum Gasteiger partial charge on any atom is 0.528 e. The Balaban J connectivity index is 2.05. The van der Waals surface area contributed by atoms with Gasteiger partial charge in [-0.25, -0.2) is 13.6 Å². The number of ether oxygens (including phenoxy) is 4. The summed E-state index contributed by atoms with van der Waals surface area (Å²) in [5.74, 6) is -3.20. The van der Waals surface area contributed by atoms with Gasteiger partial charge in [0.1, 0.15) is 23.8 Å². The van der Waals surface area contributed by atoms with E-state index in [1.165, 1.54) is 0 Å². The van der Waals surface area contributed by atoms with Crippen molar-refractivity contribution < 1.29 is 46.9 Å². The highest BCUT2D eigenvalue weighted by Gasteiger charge is 2.57. The Hall–Kier alpha value is -2.83. The highest BCUT2D eigenvalue weighted by Crippen LogP contribution is 2.36. The van der Waals surface area contributed by atoms with E-state index >= 15 is 0 Å². The third-order valence-electron chi connectivity index (χ3n) is 5.28. The molecule has 12 heteroatoms. The van der Waals surface area contributed by atoms with Crippen LogP contribution in [-0.4, -0.2) is 85.8 Å². The van der Waals surface area contributed by atoms with Gasteiger partial charge in [0.15, 0.2) is 5.54 Å². The Morgan fingerprint density at radius 1 is 1.12 bits per heavy atom. The molecule has 0 saturated carbocycles. The minimum absolute atomic E-state index is 0.0536. The zero-order valence-electron chi connectivity index (χ0n) is 19.5. The standard InChI is InChI=1S/C22H28F2N2O8/c1-21(2,3)33-20(29)34-26-10-17(14-7-15(23)9-16(24)8-14)25(11-18(27)30-4)19(28)22(26)12-31-5-6-32-13-22/h7-9,17H,5-6,10-13H2,1-4H3/t17-/m0/s1. The summed E-state index contributed by atoms with van der Waals surface area (Å²) in [6, 6.07) is 1.68. The smallest absolute Gasteiger partial charge is 0.468 e. The molecule has 0 aromatic heterocycles. The van der Waals surface area contributed by atoms with Gasteiger partial charge in [0.2, 0.25) is 0 Å². The van der Waals surface area contributed by atoms with Crippen molar-refractivity contribution in [1.29, 1.82) is 0 Å². The average molecular weight is 486 g/mol. The number of carbonyl (C=O) groups is 3. The zero-order chi connectivity index (χ0) is 25.1.